The van der Waals surface area contributed by atoms with Crippen LogP contribution >= 0.6 is 0 Å². The van der Waals surface area contributed by atoms with Crippen LogP contribution in [0, 0.1) is 12.8 Å². The Labute approximate surface area is 213 Å². The van der Waals surface area contributed by atoms with Gasteiger partial charge in [-0.25, -0.2) is 4.98 Å². The molecule has 9 heteroatoms. The van der Waals surface area contributed by atoms with E-state index in [4.69, 9.17) is 14.5 Å². The van der Waals surface area contributed by atoms with Gasteiger partial charge >= 0.3 is 0 Å². The molecule has 0 bridgehead atoms. The lowest BCUT2D eigenvalue weighted by Crippen LogP contribution is -2.55. The van der Waals surface area contributed by atoms with Crippen LogP contribution in [0.5, 0.6) is 0 Å². The summed E-state index contributed by atoms with van der Waals surface area (Å²) in [5.41, 5.74) is 3.13. The van der Waals surface area contributed by atoms with E-state index in [1.54, 1.807) is 7.05 Å². The zero-order valence-electron chi connectivity index (χ0n) is 21.6. The normalized spacial score (nSPS) is 30.0. The average Bonchev–Trinajstić information content (AvgIpc) is 3.40. The summed E-state index contributed by atoms with van der Waals surface area (Å²) in [6.45, 7) is 7.40. The largest absolute Gasteiger partial charge is 0.381 e. The van der Waals surface area contributed by atoms with E-state index in [0.717, 1.165) is 49.4 Å². The Balaban J connectivity index is 1.25. The van der Waals surface area contributed by atoms with E-state index in [1.165, 1.54) is 5.70 Å². The van der Waals surface area contributed by atoms with Crippen molar-refractivity contribution in [3.8, 4) is 0 Å². The Morgan fingerprint density at radius 3 is 2.86 bits per heavy atom. The van der Waals surface area contributed by atoms with Gasteiger partial charge in [-0.2, -0.15) is 0 Å². The molecule has 4 aliphatic rings. The second kappa shape index (κ2) is 10.7. The van der Waals surface area contributed by atoms with Crippen LogP contribution in [0.15, 0.2) is 47.0 Å². The summed E-state index contributed by atoms with van der Waals surface area (Å²) in [6, 6.07) is 4.44. The summed E-state index contributed by atoms with van der Waals surface area (Å²) >= 11 is 0. The number of carbonyl (C=O) groups excluding carboxylic acids is 1. The molecule has 0 aromatic carbocycles. The van der Waals surface area contributed by atoms with Crippen molar-refractivity contribution in [1.29, 1.82) is 0 Å². The summed E-state index contributed by atoms with van der Waals surface area (Å²) in [6.07, 6.45) is 11.4. The van der Waals surface area contributed by atoms with Crippen molar-refractivity contribution in [1.82, 2.24) is 20.1 Å². The zero-order valence-corrected chi connectivity index (χ0v) is 21.6. The third kappa shape index (κ3) is 5.63. The molecule has 0 radical (unpaired) electrons. The molecule has 36 heavy (non-hydrogen) atoms. The molecule has 4 heterocycles. The first-order chi connectivity index (χ1) is 17.4. The number of aryl methyl sites for hydroxylation is 1. The van der Waals surface area contributed by atoms with E-state index < -0.39 is 0 Å². The van der Waals surface area contributed by atoms with Crippen molar-refractivity contribution in [3.63, 3.8) is 0 Å². The van der Waals surface area contributed by atoms with Crippen molar-refractivity contribution in [3.05, 3.63) is 47.6 Å². The minimum absolute atomic E-state index is 0.128. The molecule has 2 atom stereocenters. The number of hydrogen-bond acceptors (Lipinski definition) is 8. The van der Waals surface area contributed by atoms with E-state index in [0.29, 0.717) is 38.2 Å². The van der Waals surface area contributed by atoms with E-state index in [9.17, 15) is 4.79 Å². The standard InChI is InChI=1S/C27H38N6O3/c1-19-4-5-24(30-14-19)31-21-12-27(2,13-21)36-26-16-29-23(20-8-11-35-18-20)17-33(26)22-6-9-32(10-7-22)25(34)15-28-3/h4-6,14,16-17,20-21,26,28H,7-13,15,18H2,1-3H3,(H,30,31). The van der Waals surface area contributed by atoms with Crippen LogP contribution in [0.25, 0.3) is 0 Å². The van der Waals surface area contributed by atoms with Gasteiger partial charge in [-0.1, -0.05) is 6.07 Å². The van der Waals surface area contributed by atoms with Crippen LogP contribution in [-0.2, 0) is 14.3 Å². The number of nitrogens with zero attached hydrogens (tertiary/aromatic N) is 4. The lowest BCUT2D eigenvalue weighted by molar-refractivity contribution is -0.140. The molecule has 1 aliphatic carbocycles. The van der Waals surface area contributed by atoms with Gasteiger partial charge in [0.2, 0.25) is 5.91 Å². The SMILES string of the molecule is CNCC(=O)N1CC=C(N2C=C(C3CCOC3)N=CC2OC2(C)CC(Nc3ccc(C)cn3)C2)CC1. The van der Waals surface area contributed by atoms with E-state index in [2.05, 4.69) is 45.8 Å². The number of amides is 1. The molecule has 1 aromatic heterocycles. The number of ether oxygens (including phenoxy) is 2. The second-order valence-electron chi connectivity index (χ2n) is 10.5. The molecule has 2 fully saturated rings. The third-order valence-electron chi connectivity index (χ3n) is 7.47. The Morgan fingerprint density at radius 2 is 2.19 bits per heavy atom. The predicted octanol–water partition coefficient (Wildman–Crippen LogP) is 2.67. The molecule has 2 unspecified atom stereocenters. The predicted molar refractivity (Wildman–Crippen MR) is 139 cm³/mol. The highest BCUT2D eigenvalue weighted by molar-refractivity contribution is 5.78. The van der Waals surface area contributed by atoms with Gasteiger partial charge in [-0.15, -0.1) is 0 Å². The van der Waals surface area contributed by atoms with Gasteiger partial charge < -0.3 is 29.9 Å². The number of carbonyl (C=O) groups is 1. The van der Waals surface area contributed by atoms with Gasteiger partial charge in [0.25, 0.3) is 0 Å². The van der Waals surface area contributed by atoms with Gasteiger partial charge in [-0.3, -0.25) is 9.79 Å². The number of rotatable bonds is 8. The smallest absolute Gasteiger partial charge is 0.236 e. The number of hydrogen-bond donors (Lipinski definition) is 2. The fourth-order valence-corrected chi connectivity index (χ4v) is 5.40. The topological polar surface area (TPSA) is 91.3 Å². The Morgan fingerprint density at radius 1 is 1.33 bits per heavy atom. The van der Waals surface area contributed by atoms with E-state index in [1.807, 2.05) is 30.3 Å². The van der Waals surface area contributed by atoms with E-state index >= 15 is 0 Å². The van der Waals surface area contributed by atoms with Crippen LogP contribution in [-0.4, -0.2) is 84.7 Å². The molecule has 0 spiro atoms. The van der Waals surface area contributed by atoms with Crippen LogP contribution < -0.4 is 10.6 Å². The monoisotopic (exact) mass is 494 g/mol. The lowest BCUT2D eigenvalue weighted by atomic mass is 9.77. The van der Waals surface area contributed by atoms with Crippen LogP contribution in [0.2, 0.25) is 0 Å². The summed E-state index contributed by atoms with van der Waals surface area (Å²) in [5.74, 6) is 1.35. The first-order valence-corrected chi connectivity index (χ1v) is 13.0. The number of anilines is 1. The van der Waals surface area contributed by atoms with Gasteiger partial charge in [0.1, 0.15) is 5.82 Å². The molecule has 194 valence electrons. The first kappa shape index (κ1) is 24.9. The fourth-order valence-electron chi connectivity index (χ4n) is 5.40. The Bertz CT molecular complexity index is 1020. The Kier molecular flexibility index (Phi) is 7.41. The van der Waals surface area contributed by atoms with Gasteiger partial charge in [0.05, 0.1) is 30.7 Å². The average molecular weight is 495 g/mol. The lowest BCUT2D eigenvalue weighted by Gasteiger charge is -2.48. The third-order valence-corrected chi connectivity index (χ3v) is 7.47. The van der Waals surface area contributed by atoms with Crippen molar-refractivity contribution >= 4 is 17.9 Å². The van der Waals surface area contributed by atoms with Gasteiger partial charge in [0, 0.05) is 56.2 Å². The summed E-state index contributed by atoms with van der Waals surface area (Å²) in [4.78, 5) is 25.7. The molecule has 2 N–H and O–H groups in total. The van der Waals surface area contributed by atoms with Crippen LogP contribution in [0.3, 0.4) is 0 Å². The van der Waals surface area contributed by atoms with Crippen molar-refractivity contribution in [2.75, 3.05) is 45.2 Å². The minimum Gasteiger partial charge on any atom is -0.381 e. The zero-order chi connectivity index (χ0) is 25.1. The summed E-state index contributed by atoms with van der Waals surface area (Å²) in [5, 5.41) is 6.48. The summed E-state index contributed by atoms with van der Waals surface area (Å²) < 4.78 is 12.3. The first-order valence-electron chi connectivity index (χ1n) is 13.0. The highest BCUT2D eigenvalue weighted by Crippen LogP contribution is 2.40. The maximum atomic E-state index is 12.3. The minimum atomic E-state index is -0.273. The number of aliphatic imine (C=N–C) groups is 1. The van der Waals surface area contributed by atoms with Crippen LogP contribution in [0.1, 0.15) is 38.2 Å². The number of aromatic nitrogens is 1. The second-order valence-corrected chi connectivity index (χ2v) is 10.5. The highest BCUT2D eigenvalue weighted by atomic mass is 16.5. The van der Waals surface area contributed by atoms with Crippen LogP contribution in [0.4, 0.5) is 5.82 Å². The molecule has 1 aromatic rings. The van der Waals surface area contributed by atoms with Crippen molar-refractivity contribution in [2.45, 2.75) is 57.4 Å². The van der Waals surface area contributed by atoms with Crippen molar-refractivity contribution in [2.24, 2.45) is 10.9 Å². The molecule has 1 saturated carbocycles. The number of likely N-dealkylation sites (N-methyl/N-ethyl adjacent to an activating group) is 1. The highest BCUT2D eigenvalue weighted by Gasteiger charge is 2.44. The van der Waals surface area contributed by atoms with Gasteiger partial charge in [-0.05, 0) is 57.9 Å². The molecular formula is C27H38N6O3. The summed E-state index contributed by atoms with van der Waals surface area (Å²) in [7, 11) is 1.80. The maximum absolute atomic E-state index is 12.3. The maximum Gasteiger partial charge on any atom is 0.236 e. The fraction of sp³-hybridized carbons (Fsp3) is 0.593. The Hall–Kier alpha value is -2.75. The quantitative estimate of drug-likeness (QED) is 0.574. The molecule has 5 rings (SSSR count). The van der Waals surface area contributed by atoms with Crippen molar-refractivity contribution < 1.29 is 14.3 Å². The molecular weight excluding hydrogens is 456 g/mol. The van der Waals surface area contributed by atoms with Gasteiger partial charge in [0.15, 0.2) is 6.23 Å². The number of pyridine rings is 1. The molecule has 1 saturated heterocycles. The molecule has 1 amide bonds. The molecule has 3 aliphatic heterocycles. The van der Waals surface area contributed by atoms with E-state index in [-0.39, 0.29) is 17.7 Å². The molecule has 9 nitrogen and oxygen atoms in total. The number of nitrogens with one attached hydrogen (secondary N) is 2.